The standard InChI is InChI=1S/C17H20N2O3/c1-11(2)22-16(20)15-12(3)18-17(21)19-14(15)10-9-13-7-5-4-6-8-13/h4-11,14H,1-3H3,(H2,18,19,21)/b10-9+/t14-/m0/s1. The smallest absolute Gasteiger partial charge is 0.338 e. The minimum atomic E-state index is -0.514. The molecule has 1 aromatic rings. The molecular weight excluding hydrogens is 280 g/mol. The largest absolute Gasteiger partial charge is 0.459 e. The van der Waals surface area contributed by atoms with Crippen LogP contribution in [0.3, 0.4) is 0 Å². The molecule has 1 aliphatic rings. The number of ether oxygens (including phenoxy) is 1. The zero-order valence-corrected chi connectivity index (χ0v) is 12.9. The zero-order valence-electron chi connectivity index (χ0n) is 12.9. The molecule has 0 saturated heterocycles. The molecule has 1 aromatic carbocycles. The first kappa shape index (κ1) is 15.8. The van der Waals surface area contributed by atoms with Crippen LogP contribution in [0.15, 0.2) is 47.7 Å². The minimum Gasteiger partial charge on any atom is -0.459 e. The fourth-order valence-corrected chi connectivity index (χ4v) is 2.19. The summed E-state index contributed by atoms with van der Waals surface area (Å²) < 4.78 is 5.26. The van der Waals surface area contributed by atoms with Crippen molar-refractivity contribution in [3.05, 3.63) is 53.2 Å². The van der Waals surface area contributed by atoms with Crippen LogP contribution in [0.25, 0.3) is 6.08 Å². The van der Waals surface area contributed by atoms with Gasteiger partial charge < -0.3 is 15.4 Å². The topological polar surface area (TPSA) is 67.4 Å². The second-order valence-corrected chi connectivity index (χ2v) is 5.34. The van der Waals surface area contributed by atoms with Gasteiger partial charge in [0.1, 0.15) is 0 Å². The van der Waals surface area contributed by atoms with Crippen LogP contribution in [0.5, 0.6) is 0 Å². The van der Waals surface area contributed by atoms with E-state index in [1.807, 2.05) is 36.4 Å². The van der Waals surface area contributed by atoms with Gasteiger partial charge in [0.2, 0.25) is 0 Å². The Balaban J connectivity index is 2.26. The molecule has 5 heteroatoms. The van der Waals surface area contributed by atoms with Gasteiger partial charge >= 0.3 is 12.0 Å². The van der Waals surface area contributed by atoms with E-state index in [-0.39, 0.29) is 12.1 Å². The predicted octanol–water partition coefficient (Wildman–Crippen LogP) is 2.61. The second-order valence-electron chi connectivity index (χ2n) is 5.34. The molecule has 2 rings (SSSR count). The van der Waals surface area contributed by atoms with Gasteiger partial charge in [0.05, 0.1) is 17.7 Å². The van der Waals surface area contributed by atoms with Crippen LogP contribution in [-0.2, 0) is 9.53 Å². The van der Waals surface area contributed by atoms with Gasteiger partial charge in [-0.2, -0.15) is 0 Å². The van der Waals surface area contributed by atoms with E-state index in [0.717, 1.165) is 5.56 Å². The fourth-order valence-electron chi connectivity index (χ4n) is 2.19. The Hall–Kier alpha value is -2.56. The molecule has 0 unspecified atom stereocenters. The number of allylic oxidation sites excluding steroid dienone is 1. The average molecular weight is 300 g/mol. The maximum atomic E-state index is 12.2. The van der Waals surface area contributed by atoms with Gasteiger partial charge in [-0.3, -0.25) is 0 Å². The Labute approximate surface area is 130 Å². The Morgan fingerprint density at radius 3 is 2.59 bits per heavy atom. The molecule has 1 atom stereocenters. The van der Waals surface area contributed by atoms with Crippen molar-refractivity contribution < 1.29 is 14.3 Å². The molecule has 1 aliphatic heterocycles. The lowest BCUT2D eigenvalue weighted by Gasteiger charge is -2.26. The van der Waals surface area contributed by atoms with Crippen LogP contribution in [0.2, 0.25) is 0 Å². The van der Waals surface area contributed by atoms with Crippen LogP contribution in [-0.4, -0.2) is 24.1 Å². The third-order valence-corrected chi connectivity index (χ3v) is 3.15. The number of rotatable bonds is 4. The molecule has 2 N–H and O–H groups in total. The lowest BCUT2D eigenvalue weighted by molar-refractivity contribution is -0.143. The summed E-state index contributed by atoms with van der Waals surface area (Å²) in [4.78, 5) is 23.9. The highest BCUT2D eigenvalue weighted by atomic mass is 16.5. The van der Waals surface area contributed by atoms with Crippen molar-refractivity contribution in [2.24, 2.45) is 0 Å². The fraction of sp³-hybridized carbons (Fsp3) is 0.294. The molecule has 0 saturated carbocycles. The number of amides is 2. The summed E-state index contributed by atoms with van der Waals surface area (Å²) in [5.41, 5.74) is 1.92. The Kier molecular flexibility index (Phi) is 4.99. The molecule has 5 nitrogen and oxygen atoms in total. The van der Waals surface area contributed by atoms with Gasteiger partial charge in [-0.15, -0.1) is 0 Å². The van der Waals surface area contributed by atoms with Crippen LogP contribution in [0.1, 0.15) is 26.3 Å². The molecule has 2 amide bonds. The normalized spacial score (nSPS) is 18.4. The van der Waals surface area contributed by atoms with Crippen LogP contribution in [0, 0.1) is 0 Å². The molecule has 116 valence electrons. The summed E-state index contributed by atoms with van der Waals surface area (Å²) in [7, 11) is 0. The molecule has 0 spiro atoms. The Bertz CT molecular complexity index is 618. The van der Waals surface area contributed by atoms with Crippen LogP contribution in [0.4, 0.5) is 4.79 Å². The lowest BCUT2D eigenvalue weighted by Crippen LogP contribution is -2.49. The number of hydrogen-bond acceptors (Lipinski definition) is 3. The first-order valence-corrected chi connectivity index (χ1v) is 7.20. The van der Waals surface area contributed by atoms with Crippen molar-refractivity contribution in [2.75, 3.05) is 0 Å². The molecule has 0 radical (unpaired) electrons. The summed E-state index contributed by atoms with van der Waals surface area (Å²) in [5, 5.41) is 5.33. The first-order valence-electron chi connectivity index (χ1n) is 7.20. The highest BCUT2D eigenvalue weighted by molar-refractivity contribution is 5.95. The van der Waals surface area contributed by atoms with Crippen molar-refractivity contribution >= 4 is 18.1 Å². The van der Waals surface area contributed by atoms with Gasteiger partial charge in [0, 0.05) is 5.70 Å². The van der Waals surface area contributed by atoms with E-state index in [4.69, 9.17) is 4.74 Å². The van der Waals surface area contributed by atoms with Crippen LogP contribution >= 0.6 is 0 Å². The lowest BCUT2D eigenvalue weighted by atomic mass is 10.0. The van der Waals surface area contributed by atoms with E-state index in [1.165, 1.54) is 0 Å². The number of benzene rings is 1. The van der Waals surface area contributed by atoms with E-state index >= 15 is 0 Å². The summed E-state index contributed by atoms with van der Waals surface area (Å²) in [6.45, 7) is 5.27. The molecule has 0 aromatic heterocycles. The average Bonchev–Trinajstić information content (AvgIpc) is 2.44. The van der Waals surface area contributed by atoms with Crippen LogP contribution < -0.4 is 10.6 Å². The zero-order chi connectivity index (χ0) is 16.1. The van der Waals surface area contributed by atoms with Gasteiger partial charge in [-0.1, -0.05) is 42.5 Å². The number of urea groups is 1. The minimum absolute atomic E-state index is 0.218. The SMILES string of the molecule is CC1=C(C(=O)OC(C)C)[C@H](/C=C/c2ccccc2)NC(=O)N1. The molecule has 22 heavy (non-hydrogen) atoms. The van der Waals surface area contributed by atoms with Crippen molar-refractivity contribution in [1.29, 1.82) is 0 Å². The van der Waals surface area contributed by atoms with E-state index < -0.39 is 12.0 Å². The maximum Gasteiger partial charge on any atom is 0.338 e. The van der Waals surface area contributed by atoms with Gasteiger partial charge in [-0.05, 0) is 26.3 Å². The number of carbonyl (C=O) groups is 2. The highest BCUT2D eigenvalue weighted by Gasteiger charge is 2.29. The second kappa shape index (κ2) is 6.93. The van der Waals surface area contributed by atoms with Crippen molar-refractivity contribution in [2.45, 2.75) is 32.9 Å². The molecule has 0 bridgehead atoms. The Morgan fingerprint density at radius 1 is 1.27 bits per heavy atom. The molecule has 0 aliphatic carbocycles. The highest BCUT2D eigenvalue weighted by Crippen LogP contribution is 2.17. The number of esters is 1. The van der Waals surface area contributed by atoms with E-state index in [9.17, 15) is 9.59 Å². The monoisotopic (exact) mass is 300 g/mol. The quantitative estimate of drug-likeness (QED) is 0.840. The molecule has 0 fully saturated rings. The van der Waals surface area contributed by atoms with Crippen molar-refractivity contribution in [1.82, 2.24) is 10.6 Å². The summed E-state index contributed by atoms with van der Waals surface area (Å²) in [5.74, 6) is -0.428. The summed E-state index contributed by atoms with van der Waals surface area (Å²) in [6, 6.07) is 8.83. The van der Waals surface area contributed by atoms with Gasteiger partial charge in [-0.25, -0.2) is 9.59 Å². The van der Waals surface area contributed by atoms with Gasteiger partial charge in [0.15, 0.2) is 0 Å². The number of hydrogen-bond donors (Lipinski definition) is 2. The summed E-state index contributed by atoms with van der Waals surface area (Å²) >= 11 is 0. The Morgan fingerprint density at radius 2 is 1.95 bits per heavy atom. The first-order chi connectivity index (χ1) is 10.5. The van der Waals surface area contributed by atoms with Gasteiger partial charge in [0.25, 0.3) is 0 Å². The molecular formula is C17H20N2O3. The van der Waals surface area contributed by atoms with Crippen molar-refractivity contribution in [3.63, 3.8) is 0 Å². The van der Waals surface area contributed by atoms with Crippen molar-refractivity contribution in [3.8, 4) is 0 Å². The number of nitrogens with one attached hydrogen (secondary N) is 2. The third-order valence-electron chi connectivity index (χ3n) is 3.15. The summed E-state index contributed by atoms with van der Waals surface area (Å²) in [6.07, 6.45) is 3.44. The number of carbonyl (C=O) groups excluding carboxylic acids is 2. The van der Waals surface area contributed by atoms with E-state index in [2.05, 4.69) is 10.6 Å². The maximum absolute atomic E-state index is 12.2. The van der Waals surface area contributed by atoms with E-state index in [0.29, 0.717) is 11.3 Å². The predicted molar refractivity (Wildman–Crippen MR) is 84.9 cm³/mol. The van der Waals surface area contributed by atoms with E-state index in [1.54, 1.807) is 26.8 Å². The molecule has 1 heterocycles. The third kappa shape index (κ3) is 3.97.